The summed E-state index contributed by atoms with van der Waals surface area (Å²) in [4.78, 5) is 12.3. The van der Waals surface area contributed by atoms with E-state index in [0.717, 1.165) is 11.3 Å². The number of carbonyl (C=O) groups excluding carboxylic acids is 1. The van der Waals surface area contributed by atoms with Crippen LogP contribution in [0.5, 0.6) is 0 Å². The average Bonchev–Trinajstić information content (AvgIpc) is 3.13. The lowest BCUT2D eigenvalue weighted by atomic mass is 10.2. The van der Waals surface area contributed by atoms with Crippen molar-refractivity contribution < 1.29 is 17.6 Å². The van der Waals surface area contributed by atoms with Gasteiger partial charge in [0.15, 0.2) is 0 Å². The Morgan fingerprint density at radius 3 is 2.77 bits per heavy atom. The molecule has 8 heteroatoms. The molecule has 0 fully saturated rings. The molecule has 0 saturated carbocycles. The predicted molar refractivity (Wildman–Crippen MR) is 84.2 cm³/mol. The number of rotatable bonds is 7. The number of hydrogen-bond donors (Lipinski definition) is 2. The minimum absolute atomic E-state index is 0.00897. The standard InChI is InChI=1S/C14H18N2O4S2/c1-10(2)8-15-14(17)13-12(5-7-21-13)22(18,19)16-9-11-4-3-6-20-11/h3-7,10,16H,8-9H2,1-2H3,(H,15,17). The average molecular weight is 342 g/mol. The lowest BCUT2D eigenvalue weighted by molar-refractivity contribution is 0.0950. The molecule has 2 aromatic heterocycles. The summed E-state index contributed by atoms with van der Waals surface area (Å²) in [5, 5.41) is 4.32. The van der Waals surface area contributed by atoms with E-state index < -0.39 is 10.0 Å². The molecule has 2 N–H and O–H groups in total. The molecule has 2 rings (SSSR count). The zero-order chi connectivity index (χ0) is 16.2. The third-order valence-corrected chi connectivity index (χ3v) is 5.30. The second-order valence-electron chi connectivity index (χ2n) is 5.12. The van der Waals surface area contributed by atoms with Crippen molar-refractivity contribution in [1.82, 2.24) is 10.0 Å². The van der Waals surface area contributed by atoms with Gasteiger partial charge in [0.25, 0.3) is 5.91 Å². The van der Waals surface area contributed by atoms with Crippen LogP contribution >= 0.6 is 11.3 Å². The normalized spacial score (nSPS) is 11.8. The maximum Gasteiger partial charge on any atom is 0.262 e. The monoisotopic (exact) mass is 342 g/mol. The number of hydrogen-bond acceptors (Lipinski definition) is 5. The Balaban J connectivity index is 2.11. The molecule has 0 radical (unpaired) electrons. The van der Waals surface area contributed by atoms with E-state index in [-0.39, 0.29) is 22.2 Å². The zero-order valence-corrected chi connectivity index (χ0v) is 14.0. The molecule has 0 aliphatic rings. The van der Waals surface area contributed by atoms with E-state index in [1.807, 2.05) is 13.8 Å². The molecule has 0 aliphatic heterocycles. The van der Waals surface area contributed by atoms with Crippen LogP contribution in [0.15, 0.2) is 39.2 Å². The van der Waals surface area contributed by atoms with Gasteiger partial charge in [-0.05, 0) is 29.5 Å². The van der Waals surface area contributed by atoms with Gasteiger partial charge in [-0.1, -0.05) is 13.8 Å². The van der Waals surface area contributed by atoms with Crippen LogP contribution in [0.3, 0.4) is 0 Å². The molecule has 0 unspecified atom stereocenters. The van der Waals surface area contributed by atoms with Crippen LogP contribution in [0.2, 0.25) is 0 Å². The maximum absolute atomic E-state index is 12.3. The van der Waals surface area contributed by atoms with Gasteiger partial charge in [0.2, 0.25) is 10.0 Å². The van der Waals surface area contributed by atoms with Gasteiger partial charge in [-0.3, -0.25) is 4.79 Å². The molecule has 1 amide bonds. The van der Waals surface area contributed by atoms with E-state index in [4.69, 9.17) is 4.42 Å². The van der Waals surface area contributed by atoms with E-state index in [1.54, 1.807) is 17.5 Å². The second kappa shape index (κ2) is 7.08. The Morgan fingerprint density at radius 1 is 1.36 bits per heavy atom. The van der Waals surface area contributed by atoms with E-state index in [9.17, 15) is 13.2 Å². The van der Waals surface area contributed by atoms with Crippen molar-refractivity contribution in [2.45, 2.75) is 25.3 Å². The summed E-state index contributed by atoms with van der Waals surface area (Å²) in [6.07, 6.45) is 1.47. The minimum Gasteiger partial charge on any atom is -0.468 e. The number of carbonyl (C=O) groups is 1. The molecule has 0 aliphatic carbocycles. The summed E-state index contributed by atoms with van der Waals surface area (Å²) in [5.41, 5.74) is 0. The fraction of sp³-hybridized carbons (Fsp3) is 0.357. The number of furan rings is 1. The molecule has 0 spiro atoms. The fourth-order valence-electron chi connectivity index (χ4n) is 1.71. The van der Waals surface area contributed by atoms with Crippen molar-refractivity contribution in [3.63, 3.8) is 0 Å². The zero-order valence-electron chi connectivity index (χ0n) is 12.3. The van der Waals surface area contributed by atoms with Crippen molar-refractivity contribution in [1.29, 1.82) is 0 Å². The molecule has 0 aromatic carbocycles. The molecule has 120 valence electrons. The fourth-order valence-corrected chi connectivity index (χ4v) is 4.04. The Bertz CT molecular complexity index is 718. The van der Waals surface area contributed by atoms with Crippen LogP contribution < -0.4 is 10.0 Å². The van der Waals surface area contributed by atoms with Gasteiger partial charge in [0, 0.05) is 6.54 Å². The Kier molecular flexibility index (Phi) is 5.38. The van der Waals surface area contributed by atoms with Gasteiger partial charge in [-0.15, -0.1) is 11.3 Å². The maximum atomic E-state index is 12.3. The van der Waals surface area contributed by atoms with Crippen LogP contribution in [-0.4, -0.2) is 20.9 Å². The van der Waals surface area contributed by atoms with Gasteiger partial charge in [-0.25, -0.2) is 13.1 Å². The van der Waals surface area contributed by atoms with Gasteiger partial charge in [0.05, 0.1) is 12.8 Å². The molecular weight excluding hydrogens is 324 g/mol. The molecule has 0 saturated heterocycles. The molecule has 0 bridgehead atoms. The number of amides is 1. The highest BCUT2D eigenvalue weighted by Gasteiger charge is 2.24. The van der Waals surface area contributed by atoms with Crippen LogP contribution in [-0.2, 0) is 16.6 Å². The number of sulfonamides is 1. The summed E-state index contributed by atoms with van der Waals surface area (Å²) in [6, 6.07) is 4.78. The predicted octanol–water partition coefficient (Wildman–Crippen LogP) is 2.21. The quantitative estimate of drug-likeness (QED) is 0.807. The van der Waals surface area contributed by atoms with Gasteiger partial charge in [-0.2, -0.15) is 0 Å². The largest absolute Gasteiger partial charge is 0.468 e. The van der Waals surface area contributed by atoms with Crippen LogP contribution in [0, 0.1) is 5.92 Å². The lowest BCUT2D eigenvalue weighted by Crippen LogP contribution is -2.29. The summed E-state index contributed by atoms with van der Waals surface area (Å²) in [7, 11) is -3.77. The topological polar surface area (TPSA) is 88.4 Å². The van der Waals surface area contributed by atoms with Crippen molar-refractivity contribution in [2.75, 3.05) is 6.54 Å². The Morgan fingerprint density at radius 2 is 2.14 bits per heavy atom. The third kappa shape index (κ3) is 4.19. The first-order valence-electron chi connectivity index (χ1n) is 6.78. The van der Waals surface area contributed by atoms with E-state index in [0.29, 0.717) is 18.2 Å². The molecule has 6 nitrogen and oxygen atoms in total. The Labute approximate surface area is 133 Å². The summed E-state index contributed by atoms with van der Waals surface area (Å²) >= 11 is 1.10. The van der Waals surface area contributed by atoms with Crippen molar-refractivity contribution in [3.8, 4) is 0 Å². The minimum atomic E-state index is -3.77. The highest BCUT2D eigenvalue weighted by Crippen LogP contribution is 2.22. The summed E-state index contributed by atoms with van der Waals surface area (Å²) < 4.78 is 32.2. The first-order chi connectivity index (χ1) is 10.4. The van der Waals surface area contributed by atoms with Crippen LogP contribution in [0.4, 0.5) is 0 Å². The first-order valence-corrected chi connectivity index (χ1v) is 9.14. The lowest BCUT2D eigenvalue weighted by Gasteiger charge is -2.09. The van der Waals surface area contributed by atoms with Crippen molar-refractivity contribution >= 4 is 27.3 Å². The summed E-state index contributed by atoms with van der Waals surface area (Å²) in [5.74, 6) is 0.424. The van der Waals surface area contributed by atoms with Gasteiger partial charge in [0.1, 0.15) is 15.5 Å². The molecule has 0 atom stereocenters. The highest BCUT2D eigenvalue weighted by molar-refractivity contribution is 7.89. The first kappa shape index (κ1) is 16.7. The van der Waals surface area contributed by atoms with E-state index in [1.165, 1.54) is 12.3 Å². The van der Waals surface area contributed by atoms with Crippen molar-refractivity contribution in [2.24, 2.45) is 5.92 Å². The van der Waals surface area contributed by atoms with Crippen molar-refractivity contribution in [3.05, 3.63) is 40.5 Å². The van der Waals surface area contributed by atoms with E-state index in [2.05, 4.69) is 10.0 Å². The van der Waals surface area contributed by atoms with Gasteiger partial charge >= 0.3 is 0 Å². The molecule has 22 heavy (non-hydrogen) atoms. The second-order valence-corrected chi connectivity index (χ2v) is 7.77. The SMILES string of the molecule is CC(C)CNC(=O)c1sccc1S(=O)(=O)NCc1ccco1. The van der Waals surface area contributed by atoms with Gasteiger partial charge < -0.3 is 9.73 Å². The number of thiophene rings is 1. The molecule has 2 aromatic rings. The van der Waals surface area contributed by atoms with Crippen LogP contribution in [0.1, 0.15) is 29.3 Å². The molecular formula is C14H18N2O4S2. The Hall–Kier alpha value is -1.64. The molecule has 2 heterocycles. The van der Waals surface area contributed by atoms with Crippen LogP contribution in [0.25, 0.3) is 0 Å². The van der Waals surface area contributed by atoms with E-state index >= 15 is 0 Å². The number of nitrogens with one attached hydrogen (secondary N) is 2. The summed E-state index contributed by atoms with van der Waals surface area (Å²) in [6.45, 7) is 4.48. The third-order valence-electron chi connectivity index (χ3n) is 2.81. The highest BCUT2D eigenvalue weighted by atomic mass is 32.2. The smallest absolute Gasteiger partial charge is 0.262 e.